The van der Waals surface area contributed by atoms with E-state index in [-0.39, 0.29) is 24.5 Å². The zero-order chi connectivity index (χ0) is 25.6. The Bertz CT molecular complexity index is 1220. The molecule has 5 rings (SSSR count). The number of fused-ring (bicyclic) bond motifs is 1. The van der Waals surface area contributed by atoms with Crippen molar-refractivity contribution in [2.45, 2.75) is 51.0 Å². The molecule has 3 aromatic carbocycles. The number of piperidine rings is 1. The molecule has 0 atom stereocenters. The van der Waals surface area contributed by atoms with E-state index in [0.717, 1.165) is 69.0 Å². The molecule has 1 amide bonds. The first-order chi connectivity index (χ1) is 18.0. The molecular formula is C32H35ClN2O2. The van der Waals surface area contributed by atoms with Crippen LogP contribution in [0.2, 0.25) is 5.02 Å². The smallest absolute Gasteiger partial charge is 0.223 e. The van der Waals surface area contributed by atoms with Crippen LogP contribution in [-0.2, 0) is 24.2 Å². The molecule has 3 aromatic rings. The van der Waals surface area contributed by atoms with Gasteiger partial charge in [-0.25, -0.2) is 0 Å². The Labute approximate surface area is 225 Å². The second kappa shape index (κ2) is 12.1. The number of Topliss-reactive ketones (excluding diaryl/α,β-unsaturated/α-hetero) is 1. The maximum absolute atomic E-state index is 13.0. The summed E-state index contributed by atoms with van der Waals surface area (Å²) in [6.45, 7) is 4.47. The predicted molar refractivity (Wildman–Crippen MR) is 149 cm³/mol. The lowest BCUT2D eigenvalue weighted by Crippen LogP contribution is -2.38. The maximum Gasteiger partial charge on any atom is 0.223 e. The third-order valence-electron chi connectivity index (χ3n) is 7.93. The van der Waals surface area contributed by atoms with E-state index < -0.39 is 0 Å². The highest BCUT2D eigenvalue weighted by Crippen LogP contribution is 2.29. The van der Waals surface area contributed by atoms with Crippen molar-refractivity contribution in [3.8, 4) is 0 Å². The van der Waals surface area contributed by atoms with Gasteiger partial charge in [-0.05, 0) is 72.1 Å². The first kappa shape index (κ1) is 25.7. The van der Waals surface area contributed by atoms with Crippen LogP contribution in [0.3, 0.4) is 0 Å². The summed E-state index contributed by atoms with van der Waals surface area (Å²) in [4.78, 5) is 30.2. The number of amides is 1. The van der Waals surface area contributed by atoms with Crippen molar-refractivity contribution in [3.05, 3.63) is 106 Å². The first-order valence-electron chi connectivity index (χ1n) is 13.5. The van der Waals surface area contributed by atoms with Gasteiger partial charge in [-0.15, -0.1) is 0 Å². The predicted octanol–water partition coefficient (Wildman–Crippen LogP) is 6.31. The quantitative estimate of drug-likeness (QED) is 0.347. The fourth-order valence-corrected chi connectivity index (χ4v) is 5.79. The molecule has 2 aliphatic rings. The summed E-state index contributed by atoms with van der Waals surface area (Å²) < 4.78 is 0. The lowest BCUT2D eigenvalue weighted by atomic mass is 9.89. The fourth-order valence-electron chi connectivity index (χ4n) is 5.66. The molecular weight excluding hydrogens is 480 g/mol. The van der Waals surface area contributed by atoms with Gasteiger partial charge in [-0.1, -0.05) is 66.2 Å². The summed E-state index contributed by atoms with van der Waals surface area (Å²) in [7, 11) is 0. The van der Waals surface area contributed by atoms with Crippen molar-refractivity contribution in [3.63, 3.8) is 0 Å². The zero-order valence-corrected chi connectivity index (χ0v) is 22.1. The molecule has 1 fully saturated rings. The van der Waals surface area contributed by atoms with E-state index in [2.05, 4.69) is 59.5 Å². The molecule has 37 heavy (non-hydrogen) atoms. The third-order valence-corrected chi connectivity index (χ3v) is 8.18. The Morgan fingerprint density at radius 2 is 1.49 bits per heavy atom. The van der Waals surface area contributed by atoms with Gasteiger partial charge < -0.3 is 4.90 Å². The molecule has 1 saturated heterocycles. The van der Waals surface area contributed by atoms with Gasteiger partial charge in [-0.3, -0.25) is 14.5 Å². The number of carbonyl (C=O) groups is 2. The van der Waals surface area contributed by atoms with Crippen LogP contribution in [-0.4, -0.2) is 47.7 Å². The number of hydrogen-bond donors (Lipinski definition) is 0. The van der Waals surface area contributed by atoms with Crippen molar-refractivity contribution < 1.29 is 9.59 Å². The Morgan fingerprint density at radius 1 is 0.784 bits per heavy atom. The number of nitrogens with zero attached hydrogens (tertiary/aromatic N) is 2. The number of rotatable bonds is 7. The molecule has 0 saturated carbocycles. The van der Waals surface area contributed by atoms with E-state index in [0.29, 0.717) is 5.92 Å². The van der Waals surface area contributed by atoms with Gasteiger partial charge in [0.25, 0.3) is 0 Å². The Balaban J connectivity index is 1.10. The number of benzene rings is 3. The molecule has 2 heterocycles. The van der Waals surface area contributed by atoms with Gasteiger partial charge >= 0.3 is 0 Å². The Morgan fingerprint density at radius 3 is 2.22 bits per heavy atom. The van der Waals surface area contributed by atoms with E-state index in [1.807, 2.05) is 23.1 Å². The molecule has 0 radical (unpaired) electrons. The average Bonchev–Trinajstić information content (AvgIpc) is 3.14. The van der Waals surface area contributed by atoms with Crippen molar-refractivity contribution in [1.82, 2.24) is 9.80 Å². The highest BCUT2D eigenvalue weighted by Gasteiger charge is 2.24. The highest BCUT2D eigenvalue weighted by atomic mass is 35.5. The van der Waals surface area contributed by atoms with E-state index in [4.69, 9.17) is 11.6 Å². The molecule has 4 nitrogen and oxygen atoms in total. The SMILES string of the molecule is O=C(CCC(=O)N1CCC(c2ccc(Cl)cc2)CC1)c1ccc2c(c1)CCN(Cc1ccccc1)CC2. The van der Waals surface area contributed by atoms with Crippen molar-refractivity contribution >= 4 is 23.3 Å². The normalized spacial score (nSPS) is 16.7. The molecule has 2 aliphatic heterocycles. The van der Waals surface area contributed by atoms with E-state index in [9.17, 15) is 9.59 Å². The van der Waals surface area contributed by atoms with Gasteiger partial charge in [0.1, 0.15) is 0 Å². The monoisotopic (exact) mass is 514 g/mol. The van der Waals surface area contributed by atoms with Gasteiger partial charge in [0.2, 0.25) is 5.91 Å². The minimum Gasteiger partial charge on any atom is -0.343 e. The first-order valence-corrected chi connectivity index (χ1v) is 13.9. The Kier molecular flexibility index (Phi) is 8.38. The van der Waals surface area contributed by atoms with E-state index in [1.54, 1.807) is 0 Å². The van der Waals surface area contributed by atoms with Gasteiger partial charge in [0, 0.05) is 56.2 Å². The van der Waals surface area contributed by atoms with Crippen LogP contribution in [0.5, 0.6) is 0 Å². The molecule has 0 N–H and O–H groups in total. The van der Waals surface area contributed by atoms with Crippen LogP contribution < -0.4 is 0 Å². The van der Waals surface area contributed by atoms with Gasteiger partial charge in [0.15, 0.2) is 5.78 Å². The van der Waals surface area contributed by atoms with Crippen LogP contribution in [0.25, 0.3) is 0 Å². The number of hydrogen-bond acceptors (Lipinski definition) is 3. The molecule has 0 bridgehead atoms. The van der Waals surface area contributed by atoms with Crippen LogP contribution >= 0.6 is 11.6 Å². The molecule has 0 unspecified atom stereocenters. The van der Waals surface area contributed by atoms with Crippen LogP contribution in [0.4, 0.5) is 0 Å². The third kappa shape index (κ3) is 6.68. The minimum atomic E-state index is 0.0672. The average molecular weight is 515 g/mol. The summed E-state index contributed by atoms with van der Waals surface area (Å²) in [5.74, 6) is 0.623. The van der Waals surface area contributed by atoms with Gasteiger partial charge in [0.05, 0.1) is 0 Å². The van der Waals surface area contributed by atoms with Crippen LogP contribution in [0.15, 0.2) is 72.8 Å². The van der Waals surface area contributed by atoms with Crippen molar-refractivity contribution in [1.29, 1.82) is 0 Å². The minimum absolute atomic E-state index is 0.0672. The summed E-state index contributed by atoms with van der Waals surface area (Å²) in [6, 6.07) is 24.8. The second-order valence-corrected chi connectivity index (χ2v) is 10.8. The van der Waals surface area contributed by atoms with Crippen molar-refractivity contribution in [2.75, 3.05) is 26.2 Å². The standard InChI is InChI=1S/C32H35ClN2O2/c33-30-10-8-25(9-11-30)27-16-20-35(21-17-27)32(37)13-12-31(36)29-7-6-26-14-18-34(19-15-28(26)22-29)23-24-4-2-1-3-5-24/h1-11,22,27H,12-21,23H2. The van der Waals surface area contributed by atoms with Crippen LogP contribution in [0.1, 0.15) is 64.2 Å². The second-order valence-electron chi connectivity index (χ2n) is 10.4. The topological polar surface area (TPSA) is 40.6 Å². The number of likely N-dealkylation sites (tertiary alicyclic amines) is 1. The number of halogens is 1. The lowest BCUT2D eigenvalue weighted by Gasteiger charge is -2.32. The molecule has 0 aliphatic carbocycles. The van der Waals surface area contributed by atoms with Gasteiger partial charge in [-0.2, -0.15) is 0 Å². The summed E-state index contributed by atoms with van der Waals surface area (Å²) >= 11 is 6.01. The number of ketones is 1. The van der Waals surface area contributed by atoms with Crippen LogP contribution in [0, 0.1) is 0 Å². The molecule has 5 heteroatoms. The molecule has 0 spiro atoms. The molecule has 0 aromatic heterocycles. The Hall–Kier alpha value is -2.95. The highest BCUT2D eigenvalue weighted by molar-refractivity contribution is 6.30. The largest absolute Gasteiger partial charge is 0.343 e. The van der Waals surface area contributed by atoms with E-state index in [1.165, 1.54) is 22.3 Å². The summed E-state index contributed by atoms with van der Waals surface area (Å²) in [5.41, 5.74) is 5.98. The molecule has 192 valence electrons. The van der Waals surface area contributed by atoms with Crippen molar-refractivity contribution in [2.24, 2.45) is 0 Å². The maximum atomic E-state index is 13.0. The lowest BCUT2D eigenvalue weighted by molar-refractivity contribution is -0.132. The summed E-state index contributed by atoms with van der Waals surface area (Å²) in [6.07, 6.45) is 4.41. The fraction of sp³-hybridized carbons (Fsp3) is 0.375. The summed E-state index contributed by atoms with van der Waals surface area (Å²) in [5, 5.41) is 0.751. The zero-order valence-electron chi connectivity index (χ0n) is 21.4. The van der Waals surface area contributed by atoms with E-state index >= 15 is 0 Å². The number of carbonyl (C=O) groups excluding carboxylic acids is 2.